The van der Waals surface area contributed by atoms with Crippen LogP contribution < -0.4 is 5.32 Å². The molecule has 1 aliphatic heterocycles. The zero-order chi connectivity index (χ0) is 13.6. The minimum absolute atomic E-state index is 0.0275. The fraction of sp³-hybridized carbons (Fsp3) is 0.333. The van der Waals surface area contributed by atoms with Gasteiger partial charge in [-0.25, -0.2) is 0 Å². The van der Waals surface area contributed by atoms with Gasteiger partial charge in [-0.1, -0.05) is 6.07 Å². The van der Waals surface area contributed by atoms with Crippen LogP contribution in [0.1, 0.15) is 35.6 Å². The summed E-state index contributed by atoms with van der Waals surface area (Å²) < 4.78 is 5.64. The van der Waals surface area contributed by atoms with E-state index in [-0.39, 0.29) is 17.7 Å². The quantitative estimate of drug-likeness (QED) is 0.799. The Hall–Kier alpha value is -2.10. The Bertz CT molecular complexity index is 668. The topological polar surface area (TPSA) is 59.3 Å². The lowest BCUT2D eigenvalue weighted by Crippen LogP contribution is -2.37. The van der Waals surface area contributed by atoms with Crippen LogP contribution in [-0.4, -0.2) is 11.8 Å². The van der Waals surface area contributed by atoms with Crippen LogP contribution in [0.4, 0.5) is 0 Å². The third kappa shape index (κ3) is 2.03. The third-order valence-corrected chi connectivity index (χ3v) is 3.81. The highest BCUT2D eigenvalue weighted by Crippen LogP contribution is 2.31. The maximum atomic E-state index is 11.4. The predicted octanol–water partition coefficient (Wildman–Crippen LogP) is 2.57. The summed E-state index contributed by atoms with van der Waals surface area (Å²) >= 11 is 0. The van der Waals surface area contributed by atoms with E-state index in [1.165, 1.54) is 0 Å². The molecular weight excluding hydrogens is 242 g/mol. The molecule has 4 nitrogen and oxygen atoms in total. The van der Waals surface area contributed by atoms with Gasteiger partial charge in [0.15, 0.2) is 0 Å². The van der Waals surface area contributed by atoms with E-state index in [2.05, 4.69) is 5.32 Å². The summed E-state index contributed by atoms with van der Waals surface area (Å²) in [4.78, 5) is 22.9. The first-order chi connectivity index (χ1) is 9.04. The zero-order valence-electron chi connectivity index (χ0n) is 10.9. The van der Waals surface area contributed by atoms with Crippen LogP contribution in [-0.2, 0) is 9.59 Å². The molecule has 0 saturated carbocycles. The number of furan rings is 1. The zero-order valence-corrected chi connectivity index (χ0v) is 10.9. The van der Waals surface area contributed by atoms with Crippen molar-refractivity contribution in [2.75, 3.05) is 0 Å². The van der Waals surface area contributed by atoms with Crippen molar-refractivity contribution in [3.63, 3.8) is 0 Å². The van der Waals surface area contributed by atoms with E-state index in [1.807, 2.05) is 32.0 Å². The summed E-state index contributed by atoms with van der Waals surface area (Å²) in [6, 6.07) is 5.90. The molecule has 0 aliphatic carbocycles. The van der Waals surface area contributed by atoms with E-state index in [0.29, 0.717) is 12.8 Å². The molecule has 0 radical (unpaired) electrons. The molecule has 2 aromatic rings. The van der Waals surface area contributed by atoms with Gasteiger partial charge in [0.05, 0.1) is 0 Å². The van der Waals surface area contributed by atoms with Gasteiger partial charge >= 0.3 is 0 Å². The Balaban J connectivity index is 2.03. The number of imide groups is 1. The number of carbonyl (C=O) groups is 2. The van der Waals surface area contributed by atoms with Crippen molar-refractivity contribution >= 4 is 22.8 Å². The number of carbonyl (C=O) groups excluding carboxylic acids is 2. The SMILES string of the molecule is Cc1oc2ccc(C3CC(=O)NC(=O)C3)cc2c1C. The van der Waals surface area contributed by atoms with Crippen LogP contribution in [0.15, 0.2) is 22.6 Å². The predicted molar refractivity (Wildman–Crippen MR) is 70.8 cm³/mol. The number of rotatable bonds is 1. The average molecular weight is 257 g/mol. The fourth-order valence-electron chi connectivity index (χ4n) is 2.63. The molecule has 1 fully saturated rings. The number of hydrogen-bond acceptors (Lipinski definition) is 3. The molecule has 1 saturated heterocycles. The minimum atomic E-state index is -0.193. The second-order valence-corrected chi connectivity index (χ2v) is 5.12. The molecular formula is C15H15NO3. The molecule has 19 heavy (non-hydrogen) atoms. The summed E-state index contributed by atoms with van der Waals surface area (Å²) in [5, 5.41) is 3.40. The van der Waals surface area contributed by atoms with Gasteiger partial charge in [-0.2, -0.15) is 0 Å². The molecule has 98 valence electrons. The Kier molecular flexibility index (Phi) is 2.66. The Morgan fingerprint density at radius 2 is 1.84 bits per heavy atom. The van der Waals surface area contributed by atoms with Gasteiger partial charge in [-0.15, -0.1) is 0 Å². The molecule has 2 heterocycles. The first-order valence-corrected chi connectivity index (χ1v) is 6.37. The number of aryl methyl sites for hydroxylation is 2. The van der Waals surface area contributed by atoms with Gasteiger partial charge in [0.2, 0.25) is 11.8 Å². The molecule has 0 unspecified atom stereocenters. The molecule has 1 N–H and O–H groups in total. The Morgan fingerprint density at radius 1 is 1.16 bits per heavy atom. The summed E-state index contributed by atoms with van der Waals surface area (Å²) in [5.74, 6) is 0.493. The van der Waals surface area contributed by atoms with Gasteiger partial charge < -0.3 is 4.42 Å². The van der Waals surface area contributed by atoms with Crippen LogP contribution in [0, 0.1) is 13.8 Å². The van der Waals surface area contributed by atoms with Gasteiger partial charge in [0.1, 0.15) is 11.3 Å². The maximum absolute atomic E-state index is 11.4. The third-order valence-electron chi connectivity index (χ3n) is 3.81. The van der Waals surface area contributed by atoms with E-state index >= 15 is 0 Å². The van der Waals surface area contributed by atoms with Gasteiger partial charge in [-0.05, 0) is 37.1 Å². The molecule has 2 amide bonds. The number of amides is 2. The lowest BCUT2D eigenvalue weighted by molar-refractivity contribution is -0.133. The van der Waals surface area contributed by atoms with Crippen LogP contribution in [0.3, 0.4) is 0 Å². The number of benzene rings is 1. The van der Waals surface area contributed by atoms with Crippen molar-refractivity contribution in [1.82, 2.24) is 5.32 Å². The van der Waals surface area contributed by atoms with E-state index in [0.717, 1.165) is 27.9 Å². The molecule has 1 aliphatic rings. The van der Waals surface area contributed by atoms with Crippen LogP contribution in [0.2, 0.25) is 0 Å². The first-order valence-electron chi connectivity index (χ1n) is 6.37. The number of hydrogen-bond donors (Lipinski definition) is 1. The van der Waals surface area contributed by atoms with Crippen molar-refractivity contribution < 1.29 is 14.0 Å². The van der Waals surface area contributed by atoms with Crippen LogP contribution in [0.25, 0.3) is 11.0 Å². The Labute approximate surface area is 110 Å². The van der Waals surface area contributed by atoms with Crippen molar-refractivity contribution in [2.45, 2.75) is 32.6 Å². The summed E-state index contributed by atoms with van der Waals surface area (Å²) in [6.07, 6.45) is 0.736. The molecule has 0 bridgehead atoms. The van der Waals surface area contributed by atoms with Crippen molar-refractivity contribution in [2.24, 2.45) is 0 Å². The van der Waals surface area contributed by atoms with Gasteiger partial charge in [0.25, 0.3) is 0 Å². The van der Waals surface area contributed by atoms with Crippen LogP contribution >= 0.6 is 0 Å². The number of piperidine rings is 1. The molecule has 1 aromatic carbocycles. The van der Waals surface area contributed by atoms with Crippen molar-refractivity contribution in [3.05, 3.63) is 35.1 Å². The van der Waals surface area contributed by atoms with E-state index < -0.39 is 0 Å². The fourth-order valence-corrected chi connectivity index (χ4v) is 2.63. The highest BCUT2D eigenvalue weighted by Gasteiger charge is 2.26. The first kappa shape index (κ1) is 12.0. The molecule has 0 spiro atoms. The highest BCUT2D eigenvalue weighted by molar-refractivity contribution is 5.98. The second kappa shape index (κ2) is 4.23. The average Bonchev–Trinajstić information content (AvgIpc) is 2.64. The van der Waals surface area contributed by atoms with E-state index in [1.54, 1.807) is 0 Å². The summed E-state index contributed by atoms with van der Waals surface area (Å²) in [7, 11) is 0. The van der Waals surface area contributed by atoms with Crippen molar-refractivity contribution in [3.8, 4) is 0 Å². The van der Waals surface area contributed by atoms with E-state index in [9.17, 15) is 9.59 Å². The summed E-state index contributed by atoms with van der Waals surface area (Å²) in [5.41, 5.74) is 2.99. The smallest absolute Gasteiger partial charge is 0.227 e. The normalized spacial score (nSPS) is 16.9. The number of fused-ring (bicyclic) bond motifs is 1. The second-order valence-electron chi connectivity index (χ2n) is 5.12. The molecule has 0 atom stereocenters. The van der Waals surface area contributed by atoms with E-state index in [4.69, 9.17) is 4.42 Å². The maximum Gasteiger partial charge on any atom is 0.227 e. The Morgan fingerprint density at radius 3 is 2.53 bits per heavy atom. The highest BCUT2D eigenvalue weighted by atomic mass is 16.3. The molecule has 1 aromatic heterocycles. The lowest BCUT2D eigenvalue weighted by atomic mass is 9.88. The minimum Gasteiger partial charge on any atom is -0.461 e. The molecule has 3 rings (SSSR count). The van der Waals surface area contributed by atoms with Crippen LogP contribution in [0.5, 0.6) is 0 Å². The lowest BCUT2D eigenvalue weighted by Gasteiger charge is -2.21. The van der Waals surface area contributed by atoms with Gasteiger partial charge in [-0.3, -0.25) is 14.9 Å². The number of nitrogens with one attached hydrogen (secondary N) is 1. The largest absolute Gasteiger partial charge is 0.461 e. The van der Waals surface area contributed by atoms with Gasteiger partial charge in [0, 0.05) is 24.1 Å². The standard InChI is InChI=1S/C15H15NO3/c1-8-9(2)19-13-4-3-10(5-12(8)13)11-6-14(17)16-15(18)7-11/h3-5,11H,6-7H2,1-2H3,(H,16,17,18). The monoisotopic (exact) mass is 257 g/mol. The molecule has 4 heteroatoms. The van der Waals surface area contributed by atoms with Crippen molar-refractivity contribution in [1.29, 1.82) is 0 Å². The summed E-state index contributed by atoms with van der Waals surface area (Å²) in [6.45, 7) is 3.95.